The average Bonchev–Trinajstić information content (AvgIpc) is 3.32. The summed E-state index contributed by atoms with van der Waals surface area (Å²) in [7, 11) is -2.11. The highest BCUT2D eigenvalue weighted by Gasteiger charge is 2.73. The molecule has 2 aromatic carbocycles. The quantitative estimate of drug-likeness (QED) is 0.399. The minimum Gasteiger partial charge on any atom is -0.394 e. The number of rotatable bonds is 6. The SMILES string of the molecule is O=C(C1CCCCC1)N1CC(c2ccc(C(F)(C(F)(F)F)C(F)(F)F)cc2)(S(=O)c2ccc(F)cc2)CC1CO. The Morgan fingerprint density at radius 2 is 1.45 bits per heavy atom. The van der Waals surface area contributed by atoms with Crippen molar-refractivity contribution in [3.8, 4) is 0 Å². The van der Waals surface area contributed by atoms with Crippen LogP contribution in [0, 0.1) is 11.7 Å². The third kappa shape index (κ3) is 5.26. The van der Waals surface area contributed by atoms with E-state index < -0.39 is 57.6 Å². The lowest BCUT2D eigenvalue weighted by atomic mass is 9.88. The average molecular weight is 598 g/mol. The minimum atomic E-state index is -6.31. The van der Waals surface area contributed by atoms with Gasteiger partial charge < -0.3 is 10.0 Å². The van der Waals surface area contributed by atoms with Gasteiger partial charge in [-0.1, -0.05) is 43.5 Å². The van der Waals surface area contributed by atoms with Gasteiger partial charge in [0.05, 0.1) is 28.2 Å². The van der Waals surface area contributed by atoms with Crippen LogP contribution in [0.1, 0.15) is 49.7 Å². The Morgan fingerprint density at radius 3 is 1.95 bits per heavy atom. The zero-order valence-electron chi connectivity index (χ0n) is 21.1. The number of amides is 1. The number of hydrogen-bond donors (Lipinski definition) is 1. The number of benzene rings is 2. The molecule has 2 aliphatic rings. The van der Waals surface area contributed by atoms with Gasteiger partial charge in [-0.05, 0) is 49.1 Å². The Morgan fingerprint density at radius 1 is 0.900 bits per heavy atom. The Kier molecular flexibility index (Phi) is 8.39. The van der Waals surface area contributed by atoms with Gasteiger partial charge in [-0.2, -0.15) is 26.3 Å². The molecule has 1 aliphatic carbocycles. The second kappa shape index (κ2) is 11.0. The topological polar surface area (TPSA) is 57.6 Å². The molecule has 0 spiro atoms. The molecular formula is C27H27F8NO3S. The molecule has 4 rings (SSSR count). The first-order chi connectivity index (χ1) is 18.7. The summed E-state index contributed by atoms with van der Waals surface area (Å²) in [5, 5.41) is 10.1. The van der Waals surface area contributed by atoms with E-state index in [0.29, 0.717) is 25.0 Å². The molecule has 40 heavy (non-hydrogen) atoms. The summed E-state index contributed by atoms with van der Waals surface area (Å²) in [4.78, 5) is 14.9. The van der Waals surface area contributed by atoms with Crippen molar-refractivity contribution in [3.05, 3.63) is 65.5 Å². The van der Waals surface area contributed by atoms with Gasteiger partial charge in [0, 0.05) is 22.9 Å². The molecule has 4 nitrogen and oxygen atoms in total. The summed E-state index contributed by atoms with van der Waals surface area (Å²) < 4.78 is 121. The Bertz CT molecular complexity index is 1210. The fourth-order valence-electron chi connectivity index (χ4n) is 5.69. The van der Waals surface area contributed by atoms with Gasteiger partial charge >= 0.3 is 18.0 Å². The van der Waals surface area contributed by atoms with E-state index in [1.807, 2.05) is 0 Å². The molecule has 2 aromatic rings. The van der Waals surface area contributed by atoms with E-state index in [1.54, 1.807) is 0 Å². The molecule has 0 aromatic heterocycles. The van der Waals surface area contributed by atoms with Gasteiger partial charge in [0.1, 0.15) is 5.82 Å². The van der Waals surface area contributed by atoms with Gasteiger partial charge in [0.15, 0.2) is 0 Å². The molecule has 1 saturated carbocycles. The normalized spacial score (nSPS) is 23.8. The number of aliphatic hydroxyl groups excluding tert-OH is 1. The fraction of sp³-hybridized carbons (Fsp3) is 0.519. The van der Waals surface area contributed by atoms with E-state index in [0.717, 1.165) is 43.5 Å². The molecule has 1 N–H and O–H groups in total. The van der Waals surface area contributed by atoms with Gasteiger partial charge in [-0.25, -0.2) is 8.78 Å². The second-order valence-corrected chi connectivity index (χ2v) is 12.1. The smallest absolute Gasteiger partial charge is 0.394 e. The highest BCUT2D eigenvalue weighted by Crippen LogP contribution is 2.54. The second-order valence-electron chi connectivity index (χ2n) is 10.3. The van der Waals surface area contributed by atoms with Crippen LogP contribution in [0.5, 0.6) is 0 Å². The van der Waals surface area contributed by atoms with Crippen molar-refractivity contribution in [1.29, 1.82) is 0 Å². The van der Waals surface area contributed by atoms with E-state index in [2.05, 4.69) is 0 Å². The lowest BCUT2D eigenvalue weighted by Gasteiger charge is -2.33. The van der Waals surface area contributed by atoms with Gasteiger partial charge in [-0.15, -0.1) is 0 Å². The first-order valence-corrected chi connectivity index (χ1v) is 13.8. The van der Waals surface area contributed by atoms with Crippen LogP contribution >= 0.6 is 0 Å². The van der Waals surface area contributed by atoms with E-state index in [9.17, 15) is 49.2 Å². The molecule has 1 saturated heterocycles. The molecule has 220 valence electrons. The molecule has 2 fully saturated rings. The van der Waals surface area contributed by atoms with Crippen LogP contribution in [0.2, 0.25) is 0 Å². The van der Waals surface area contributed by atoms with Crippen LogP contribution in [0.25, 0.3) is 0 Å². The van der Waals surface area contributed by atoms with Gasteiger partial charge in [0.25, 0.3) is 0 Å². The van der Waals surface area contributed by atoms with Crippen molar-refractivity contribution in [2.24, 2.45) is 5.92 Å². The van der Waals surface area contributed by atoms with Crippen molar-refractivity contribution in [2.75, 3.05) is 13.2 Å². The summed E-state index contributed by atoms with van der Waals surface area (Å²) in [6.07, 6.45) is -8.92. The molecule has 13 heteroatoms. The molecule has 3 unspecified atom stereocenters. The zero-order valence-corrected chi connectivity index (χ0v) is 21.9. The molecule has 1 heterocycles. The summed E-state index contributed by atoms with van der Waals surface area (Å²) in [5.41, 5.74) is -7.36. The van der Waals surface area contributed by atoms with Crippen LogP contribution < -0.4 is 0 Å². The Hall–Kier alpha value is -2.54. The van der Waals surface area contributed by atoms with Crippen LogP contribution in [0.15, 0.2) is 53.4 Å². The number of aliphatic hydroxyl groups is 1. The minimum absolute atomic E-state index is 0.0111. The number of likely N-dealkylation sites (tertiary alicyclic amines) is 1. The van der Waals surface area contributed by atoms with Crippen molar-refractivity contribution in [2.45, 2.75) is 72.2 Å². The molecular weight excluding hydrogens is 570 g/mol. The summed E-state index contributed by atoms with van der Waals surface area (Å²) in [6.45, 7) is -0.801. The molecule has 3 atom stereocenters. The first-order valence-electron chi connectivity index (χ1n) is 12.7. The van der Waals surface area contributed by atoms with Gasteiger partial charge in [0.2, 0.25) is 5.91 Å². The lowest BCUT2D eigenvalue weighted by Crippen LogP contribution is -2.50. The monoisotopic (exact) mass is 597 g/mol. The molecule has 1 amide bonds. The van der Waals surface area contributed by atoms with E-state index in [-0.39, 0.29) is 35.2 Å². The van der Waals surface area contributed by atoms with E-state index >= 15 is 0 Å². The van der Waals surface area contributed by atoms with Crippen molar-refractivity contribution >= 4 is 16.7 Å². The van der Waals surface area contributed by atoms with Crippen LogP contribution in [0.4, 0.5) is 35.1 Å². The third-order valence-electron chi connectivity index (χ3n) is 7.85. The lowest BCUT2D eigenvalue weighted by molar-refractivity contribution is -0.348. The fourth-order valence-corrected chi connectivity index (χ4v) is 7.48. The number of halogens is 8. The summed E-state index contributed by atoms with van der Waals surface area (Å²) in [5.74, 6) is -1.26. The van der Waals surface area contributed by atoms with Crippen LogP contribution in [0.3, 0.4) is 0 Å². The van der Waals surface area contributed by atoms with Crippen molar-refractivity contribution in [1.82, 2.24) is 4.90 Å². The number of alkyl halides is 7. The molecule has 0 radical (unpaired) electrons. The van der Waals surface area contributed by atoms with Crippen molar-refractivity contribution in [3.63, 3.8) is 0 Å². The van der Waals surface area contributed by atoms with Crippen LogP contribution in [-0.4, -0.2) is 51.7 Å². The molecule has 1 aliphatic heterocycles. The standard InChI is InChI=1S/C27H27F8NO3S/c28-20-10-12-22(13-11-20)40(39)24(14-21(15-37)36(16-24)23(38)17-4-2-1-3-5-17)18-6-8-19(9-7-18)25(29,26(30,31)32)27(33,34)35/h6-13,17,21,37H,1-5,14-16H2. The Balaban J connectivity index is 1.80. The van der Waals surface area contributed by atoms with E-state index in [1.165, 1.54) is 17.0 Å². The van der Waals surface area contributed by atoms with Crippen LogP contribution in [-0.2, 0) is 26.0 Å². The van der Waals surface area contributed by atoms with Gasteiger partial charge in [-0.3, -0.25) is 9.00 Å². The maximum absolute atomic E-state index is 14.7. The maximum atomic E-state index is 14.7. The largest absolute Gasteiger partial charge is 0.435 e. The summed E-state index contributed by atoms with van der Waals surface area (Å²) in [6, 6.07) is 6.05. The number of hydrogen-bond acceptors (Lipinski definition) is 3. The Labute approximate surface area is 227 Å². The molecule has 0 bridgehead atoms. The highest BCUT2D eigenvalue weighted by atomic mass is 32.2. The third-order valence-corrected chi connectivity index (χ3v) is 9.79. The van der Waals surface area contributed by atoms with Crippen molar-refractivity contribution < 1.29 is 49.2 Å². The summed E-state index contributed by atoms with van der Waals surface area (Å²) >= 11 is 0. The number of carbonyl (C=O) groups excluding carboxylic acids is 1. The first kappa shape index (κ1) is 30.4. The van der Waals surface area contributed by atoms with E-state index in [4.69, 9.17) is 0 Å². The predicted octanol–water partition coefficient (Wildman–Crippen LogP) is 6.29. The maximum Gasteiger partial charge on any atom is 0.435 e. The predicted molar refractivity (Wildman–Crippen MR) is 130 cm³/mol. The highest BCUT2D eigenvalue weighted by molar-refractivity contribution is 7.86. The zero-order chi connectivity index (χ0) is 29.5. The number of nitrogens with zero attached hydrogens (tertiary/aromatic N) is 1. The number of carbonyl (C=O) groups is 1.